The van der Waals surface area contributed by atoms with Gasteiger partial charge in [-0.3, -0.25) is 9.36 Å². The molecule has 0 atom stereocenters. The quantitative estimate of drug-likeness (QED) is 0.420. The molecule has 1 aliphatic heterocycles. The zero-order valence-corrected chi connectivity index (χ0v) is 17.1. The van der Waals surface area contributed by atoms with Crippen molar-refractivity contribution in [2.45, 2.75) is 31.5 Å². The SMILES string of the molecule is Cc1ccc(OCCSc2nnc(CN3CCCC3=O)n2-c2ccccn2)cc1. The number of hydrogen-bond donors (Lipinski definition) is 0. The van der Waals surface area contributed by atoms with Crippen LogP contribution in [0.1, 0.15) is 24.2 Å². The number of carbonyl (C=O) groups excluding carboxylic acids is 1. The van der Waals surface area contributed by atoms with Crippen molar-refractivity contribution in [2.24, 2.45) is 0 Å². The molecule has 150 valence electrons. The Morgan fingerprint density at radius 1 is 1.14 bits per heavy atom. The lowest BCUT2D eigenvalue weighted by Crippen LogP contribution is -2.25. The maximum atomic E-state index is 12.0. The van der Waals surface area contributed by atoms with Gasteiger partial charge in [0.25, 0.3) is 0 Å². The molecule has 1 amide bonds. The first kappa shape index (κ1) is 19.4. The van der Waals surface area contributed by atoms with Crippen LogP contribution in [-0.2, 0) is 11.3 Å². The van der Waals surface area contributed by atoms with E-state index in [-0.39, 0.29) is 5.91 Å². The fourth-order valence-corrected chi connectivity index (χ4v) is 3.96. The lowest BCUT2D eigenvalue weighted by molar-refractivity contribution is -0.128. The number of hydrogen-bond acceptors (Lipinski definition) is 6. The van der Waals surface area contributed by atoms with Crippen LogP contribution in [0, 0.1) is 6.92 Å². The third kappa shape index (κ3) is 4.76. The molecule has 0 aliphatic carbocycles. The molecule has 3 heterocycles. The summed E-state index contributed by atoms with van der Waals surface area (Å²) in [7, 11) is 0. The van der Waals surface area contributed by atoms with Gasteiger partial charge in [-0.15, -0.1) is 10.2 Å². The van der Waals surface area contributed by atoms with Crippen molar-refractivity contribution in [3.05, 3.63) is 60.0 Å². The maximum absolute atomic E-state index is 12.0. The van der Waals surface area contributed by atoms with Gasteiger partial charge in [0.05, 0.1) is 13.2 Å². The van der Waals surface area contributed by atoms with Crippen molar-refractivity contribution in [1.82, 2.24) is 24.6 Å². The van der Waals surface area contributed by atoms with Crippen LogP contribution in [0.2, 0.25) is 0 Å². The van der Waals surface area contributed by atoms with Gasteiger partial charge >= 0.3 is 0 Å². The van der Waals surface area contributed by atoms with E-state index < -0.39 is 0 Å². The van der Waals surface area contributed by atoms with Gasteiger partial charge in [0.2, 0.25) is 5.91 Å². The minimum Gasteiger partial charge on any atom is -0.493 e. The molecule has 1 fully saturated rings. The van der Waals surface area contributed by atoms with Crippen LogP contribution < -0.4 is 4.74 Å². The number of carbonyl (C=O) groups is 1. The minimum absolute atomic E-state index is 0.168. The number of pyridine rings is 1. The van der Waals surface area contributed by atoms with E-state index in [0.29, 0.717) is 19.6 Å². The van der Waals surface area contributed by atoms with Crippen molar-refractivity contribution in [3.63, 3.8) is 0 Å². The highest BCUT2D eigenvalue weighted by Crippen LogP contribution is 2.23. The average Bonchev–Trinajstić information content (AvgIpc) is 3.33. The fraction of sp³-hybridized carbons (Fsp3) is 0.333. The average molecular weight is 410 g/mol. The van der Waals surface area contributed by atoms with E-state index in [2.05, 4.69) is 22.1 Å². The largest absolute Gasteiger partial charge is 0.493 e. The van der Waals surface area contributed by atoms with Crippen molar-refractivity contribution < 1.29 is 9.53 Å². The molecule has 2 aromatic heterocycles. The second kappa shape index (κ2) is 9.09. The van der Waals surface area contributed by atoms with Crippen molar-refractivity contribution in [1.29, 1.82) is 0 Å². The Labute approximate surface area is 174 Å². The van der Waals surface area contributed by atoms with Gasteiger partial charge in [-0.05, 0) is 37.6 Å². The molecule has 1 aromatic carbocycles. The Morgan fingerprint density at radius 3 is 2.72 bits per heavy atom. The minimum atomic E-state index is 0.168. The van der Waals surface area contributed by atoms with E-state index in [1.165, 1.54) is 5.56 Å². The van der Waals surface area contributed by atoms with E-state index in [1.807, 2.05) is 51.9 Å². The Bertz CT molecular complexity index is 959. The maximum Gasteiger partial charge on any atom is 0.223 e. The molecule has 29 heavy (non-hydrogen) atoms. The number of thioether (sulfide) groups is 1. The lowest BCUT2D eigenvalue weighted by Gasteiger charge is -2.16. The second-order valence-corrected chi connectivity index (χ2v) is 7.91. The molecule has 0 spiro atoms. The predicted molar refractivity (Wildman–Crippen MR) is 111 cm³/mol. The first-order valence-electron chi connectivity index (χ1n) is 9.66. The summed E-state index contributed by atoms with van der Waals surface area (Å²) in [6, 6.07) is 13.7. The van der Waals surface area contributed by atoms with E-state index in [1.54, 1.807) is 18.0 Å². The number of aryl methyl sites for hydroxylation is 1. The number of aromatic nitrogens is 4. The highest BCUT2D eigenvalue weighted by atomic mass is 32.2. The zero-order chi connectivity index (χ0) is 20.1. The molecule has 3 aromatic rings. The summed E-state index contributed by atoms with van der Waals surface area (Å²) in [5.74, 6) is 3.22. The second-order valence-electron chi connectivity index (χ2n) is 6.85. The summed E-state index contributed by atoms with van der Waals surface area (Å²) in [5, 5.41) is 9.46. The van der Waals surface area contributed by atoms with Gasteiger partial charge < -0.3 is 9.64 Å². The molecule has 4 rings (SSSR count). The molecule has 0 N–H and O–H groups in total. The Morgan fingerprint density at radius 2 is 2.00 bits per heavy atom. The van der Waals surface area contributed by atoms with Crippen LogP contribution in [0.4, 0.5) is 0 Å². The topological polar surface area (TPSA) is 73.1 Å². The van der Waals surface area contributed by atoms with Crippen molar-refractivity contribution >= 4 is 17.7 Å². The van der Waals surface area contributed by atoms with Gasteiger partial charge in [0.15, 0.2) is 11.0 Å². The van der Waals surface area contributed by atoms with Crippen LogP contribution in [0.3, 0.4) is 0 Å². The number of ether oxygens (including phenoxy) is 1. The molecule has 7 nitrogen and oxygen atoms in total. The number of likely N-dealkylation sites (tertiary alicyclic amines) is 1. The third-order valence-electron chi connectivity index (χ3n) is 4.69. The van der Waals surface area contributed by atoms with Crippen LogP contribution in [0.5, 0.6) is 5.75 Å². The fourth-order valence-electron chi connectivity index (χ4n) is 3.18. The Balaban J connectivity index is 1.45. The van der Waals surface area contributed by atoms with Gasteiger partial charge in [-0.1, -0.05) is 35.5 Å². The lowest BCUT2D eigenvalue weighted by atomic mass is 10.2. The Hall–Kier alpha value is -2.87. The van der Waals surface area contributed by atoms with E-state index in [9.17, 15) is 4.79 Å². The molecular formula is C21H23N5O2S. The summed E-state index contributed by atoms with van der Waals surface area (Å²) in [5.41, 5.74) is 1.21. The van der Waals surface area contributed by atoms with Crippen LogP contribution in [0.25, 0.3) is 5.82 Å². The van der Waals surface area contributed by atoms with E-state index in [4.69, 9.17) is 4.74 Å². The molecular weight excluding hydrogens is 386 g/mol. The highest BCUT2D eigenvalue weighted by Gasteiger charge is 2.24. The Kier molecular flexibility index (Phi) is 6.09. The van der Waals surface area contributed by atoms with Crippen molar-refractivity contribution in [3.8, 4) is 11.6 Å². The van der Waals surface area contributed by atoms with E-state index in [0.717, 1.165) is 41.3 Å². The molecule has 0 bridgehead atoms. The van der Waals surface area contributed by atoms with Crippen LogP contribution in [-0.4, -0.2) is 49.5 Å². The first-order valence-corrected chi connectivity index (χ1v) is 10.6. The molecule has 0 unspecified atom stereocenters. The predicted octanol–water partition coefficient (Wildman–Crippen LogP) is 3.26. The number of benzene rings is 1. The first-order chi connectivity index (χ1) is 14.2. The van der Waals surface area contributed by atoms with Gasteiger partial charge in [0.1, 0.15) is 11.6 Å². The summed E-state index contributed by atoms with van der Waals surface area (Å²) in [6.07, 6.45) is 3.25. The van der Waals surface area contributed by atoms with E-state index >= 15 is 0 Å². The molecule has 8 heteroatoms. The van der Waals surface area contributed by atoms with Gasteiger partial charge in [-0.25, -0.2) is 4.98 Å². The summed E-state index contributed by atoms with van der Waals surface area (Å²) < 4.78 is 7.74. The smallest absolute Gasteiger partial charge is 0.223 e. The van der Waals surface area contributed by atoms with Crippen LogP contribution >= 0.6 is 11.8 Å². The third-order valence-corrected chi connectivity index (χ3v) is 5.58. The summed E-state index contributed by atoms with van der Waals surface area (Å²) >= 11 is 1.56. The highest BCUT2D eigenvalue weighted by molar-refractivity contribution is 7.99. The molecule has 0 radical (unpaired) electrons. The zero-order valence-electron chi connectivity index (χ0n) is 16.3. The van der Waals surface area contributed by atoms with Gasteiger partial charge in [-0.2, -0.15) is 0 Å². The monoisotopic (exact) mass is 409 g/mol. The number of amides is 1. The molecule has 1 aliphatic rings. The summed E-state index contributed by atoms with van der Waals surface area (Å²) in [4.78, 5) is 18.3. The molecule has 1 saturated heterocycles. The molecule has 0 saturated carbocycles. The van der Waals surface area contributed by atoms with Gasteiger partial charge in [0, 0.05) is 24.9 Å². The standard InChI is InChI=1S/C21H23N5O2S/c1-16-7-9-17(10-8-16)28-13-14-29-21-24-23-19(15-25-12-4-6-20(25)27)26(21)18-5-2-3-11-22-18/h2-3,5,7-11H,4,6,12-15H2,1H3. The number of rotatable bonds is 8. The van der Waals surface area contributed by atoms with Crippen LogP contribution in [0.15, 0.2) is 53.8 Å². The normalized spacial score (nSPS) is 13.8. The van der Waals surface area contributed by atoms with Crippen molar-refractivity contribution in [2.75, 3.05) is 18.9 Å². The summed E-state index contributed by atoms with van der Waals surface area (Å²) in [6.45, 7) is 3.82. The number of nitrogens with zero attached hydrogens (tertiary/aromatic N) is 5.